The predicted molar refractivity (Wildman–Crippen MR) is 70.1 cm³/mol. The highest BCUT2D eigenvalue weighted by Crippen LogP contribution is 2.11. The minimum atomic E-state index is -0.205. The van der Waals surface area contributed by atoms with Crippen molar-refractivity contribution in [3.63, 3.8) is 0 Å². The smallest absolute Gasteiger partial charge is 0.270 e. The van der Waals surface area contributed by atoms with Crippen molar-refractivity contribution in [3.8, 4) is 0 Å². The van der Waals surface area contributed by atoms with E-state index in [-0.39, 0.29) is 17.9 Å². The second kappa shape index (κ2) is 5.48. The van der Waals surface area contributed by atoms with E-state index in [1.54, 1.807) is 30.1 Å². The van der Waals surface area contributed by atoms with Crippen LogP contribution in [0.15, 0.2) is 22.8 Å². The molecular weight excluding hydrogens is 298 g/mol. The molecule has 0 saturated carbocycles. The lowest BCUT2D eigenvalue weighted by Gasteiger charge is -2.30. The van der Waals surface area contributed by atoms with Crippen LogP contribution in [0.2, 0.25) is 0 Å². The largest absolute Gasteiger partial charge is 0.346 e. The van der Waals surface area contributed by atoms with Gasteiger partial charge in [-0.3, -0.25) is 9.59 Å². The molecule has 0 radical (unpaired) electrons. The summed E-state index contributed by atoms with van der Waals surface area (Å²) in [5.74, 6) is -0.0786. The predicted octanol–water partition coefficient (Wildman–Crippen LogP) is 1.19. The van der Waals surface area contributed by atoms with Crippen LogP contribution >= 0.6 is 15.9 Å². The first-order chi connectivity index (χ1) is 8.56. The number of amides is 2. The fraction of sp³-hybridized carbons (Fsp3) is 0.417. The van der Waals surface area contributed by atoms with Crippen molar-refractivity contribution in [3.05, 3.63) is 28.5 Å². The van der Waals surface area contributed by atoms with Crippen LogP contribution < -0.4 is 5.32 Å². The van der Waals surface area contributed by atoms with E-state index in [2.05, 4.69) is 26.2 Å². The Morgan fingerprint density at radius 3 is 3.00 bits per heavy atom. The van der Waals surface area contributed by atoms with Crippen LogP contribution in [0, 0.1) is 0 Å². The van der Waals surface area contributed by atoms with Gasteiger partial charge >= 0.3 is 0 Å². The zero-order chi connectivity index (χ0) is 13.1. The molecule has 1 N–H and O–H groups in total. The van der Waals surface area contributed by atoms with Gasteiger partial charge in [-0.25, -0.2) is 4.98 Å². The quantitative estimate of drug-likeness (QED) is 0.835. The van der Waals surface area contributed by atoms with Crippen molar-refractivity contribution in [2.75, 3.05) is 13.6 Å². The average molecular weight is 312 g/mol. The van der Waals surface area contributed by atoms with Crippen molar-refractivity contribution in [2.45, 2.75) is 18.9 Å². The molecule has 96 valence electrons. The molecule has 6 heteroatoms. The number of hydrogen-bond acceptors (Lipinski definition) is 3. The number of aromatic nitrogens is 1. The van der Waals surface area contributed by atoms with Crippen LogP contribution in [0.1, 0.15) is 23.3 Å². The molecule has 1 aromatic rings. The van der Waals surface area contributed by atoms with E-state index in [1.165, 1.54) is 0 Å². The van der Waals surface area contributed by atoms with Gasteiger partial charge in [-0.05, 0) is 34.5 Å². The Bertz CT molecular complexity index is 478. The highest BCUT2D eigenvalue weighted by atomic mass is 79.9. The van der Waals surface area contributed by atoms with Crippen molar-refractivity contribution in [1.29, 1.82) is 0 Å². The number of halogens is 1. The molecule has 0 bridgehead atoms. The summed E-state index contributed by atoms with van der Waals surface area (Å²) < 4.78 is 0.631. The zero-order valence-corrected chi connectivity index (χ0v) is 11.6. The number of nitrogens with zero attached hydrogens (tertiary/aromatic N) is 2. The standard InChI is InChI=1S/C12H14BrN3O2/c1-16-7-8(5-6-11(16)17)14-12(18)9-3-2-4-10(13)15-9/h2-4,8H,5-7H2,1H3,(H,14,18). The van der Waals surface area contributed by atoms with E-state index in [0.29, 0.717) is 29.7 Å². The van der Waals surface area contributed by atoms with E-state index < -0.39 is 0 Å². The van der Waals surface area contributed by atoms with Crippen LogP contribution in [-0.4, -0.2) is 41.3 Å². The molecule has 1 saturated heterocycles. The maximum Gasteiger partial charge on any atom is 0.270 e. The summed E-state index contributed by atoms with van der Waals surface area (Å²) in [5.41, 5.74) is 0.379. The van der Waals surface area contributed by atoms with Gasteiger partial charge in [0.15, 0.2) is 0 Å². The SMILES string of the molecule is CN1CC(NC(=O)c2cccc(Br)n2)CCC1=O. The summed E-state index contributed by atoms with van der Waals surface area (Å²) in [5, 5.41) is 2.90. The van der Waals surface area contributed by atoms with Gasteiger partial charge in [0.25, 0.3) is 5.91 Å². The van der Waals surface area contributed by atoms with E-state index in [9.17, 15) is 9.59 Å². The summed E-state index contributed by atoms with van der Waals surface area (Å²) >= 11 is 3.23. The zero-order valence-electron chi connectivity index (χ0n) is 10.0. The molecule has 5 nitrogen and oxygen atoms in total. The molecule has 18 heavy (non-hydrogen) atoms. The van der Waals surface area contributed by atoms with Crippen LogP contribution in [0.4, 0.5) is 0 Å². The molecule has 1 fully saturated rings. The molecule has 2 heterocycles. The highest BCUT2D eigenvalue weighted by molar-refractivity contribution is 9.10. The monoisotopic (exact) mass is 311 g/mol. The van der Waals surface area contributed by atoms with Crippen LogP contribution in [0.5, 0.6) is 0 Å². The van der Waals surface area contributed by atoms with Gasteiger partial charge in [0.2, 0.25) is 5.91 Å². The Balaban J connectivity index is 1.98. The third-order valence-corrected chi connectivity index (χ3v) is 3.35. The Morgan fingerprint density at radius 2 is 2.33 bits per heavy atom. The van der Waals surface area contributed by atoms with Crippen LogP contribution in [-0.2, 0) is 4.79 Å². The van der Waals surface area contributed by atoms with Gasteiger partial charge in [0.1, 0.15) is 10.3 Å². The summed E-state index contributed by atoms with van der Waals surface area (Å²) in [6.45, 7) is 0.554. The minimum Gasteiger partial charge on any atom is -0.346 e. The minimum absolute atomic E-state index is 0.000909. The second-order valence-corrected chi connectivity index (χ2v) is 5.14. The van der Waals surface area contributed by atoms with Gasteiger partial charge in [0.05, 0.1) is 0 Å². The van der Waals surface area contributed by atoms with Crippen molar-refractivity contribution in [1.82, 2.24) is 15.2 Å². The normalized spacial score (nSPS) is 19.8. The van der Waals surface area contributed by atoms with Crippen LogP contribution in [0.3, 0.4) is 0 Å². The lowest BCUT2D eigenvalue weighted by molar-refractivity contribution is -0.132. The number of likely N-dealkylation sites (N-methyl/N-ethyl adjacent to an activating group) is 1. The molecule has 1 aromatic heterocycles. The number of piperidine rings is 1. The van der Waals surface area contributed by atoms with Gasteiger partial charge < -0.3 is 10.2 Å². The van der Waals surface area contributed by atoms with E-state index in [0.717, 1.165) is 0 Å². The van der Waals surface area contributed by atoms with Crippen molar-refractivity contribution >= 4 is 27.7 Å². The lowest BCUT2D eigenvalue weighted by atomic mass is 10.1. The second-order valence-electron chi connectivity index (χ2n) is 4.33. The lowest BCUT2D eigenvalue weighted by Crippen LogP contribution is -2.48. The Hall–Kier alpha value is -1.43. The number of hydrogen-bond donors (Lipinski definition) is 1. The maximum absolute atomic E-state index is 12.0. The number of likely N-dealkylation sites (tertiary alicyclic amines) is 1. The number of rotatable bonds is 2. The summed E-state index contributed by atoms with van der Waals surface area (Å²) in [7, 11) is 1.75. The summed E-state index contributed by atoms with van der Waals surface area (Å²) in [4.78, 5) is 29.0. The third-order valence-electron chi connectivity index (χ3n) is 2.91. The molecule has 1 atom stereocenters. The number of nitrogens with one attached hydrogen (secondary N) is 1. The average Bonchev–Trinajstić information content (AvgIpc) is 2.34. The molecule has 1 unspecified atom stereocenters. The Labute approximate surface area is 114 Å². The van der Waals surface area contributed by atoms with E-state index >= 15 is 0 Å². The molecule has 2 rings (SSSR count). The third kappa shape index (κ3) is 3.07. The number of pyridine rings is 1. The van der Waals surface area contributed by atoms with Gasteiger partial charge in [-0.1, -0.05) is 6.07 Å². The molecule has 2 amide bonds. The fourth-order valence-corrected chi connectivity index (χ4v) is 2.27. The Morgan fingerprint density at radius 1 is 1.56 bits per heavy atom. The first kappa shape index (κ1) is 13.0. The van der Waals surface area contributed by atoms with Crippen molar-refractivity contribution in [2.24, 2.45) is 0 Å². The summed E-state index contributed by atoms with van der Waals surface area (Å²) in [6, 6.07) is 5.20. The van der Waals surface area contributed by atoms with Gasteiger partial charge in [0, 0.05) is 26.1 Å². The van der Waals surface area contributed by atoms with Gasteiger partial charge in [-0.15, -0.1) is 0 Å². The Kier molecular flexibility index (Phi) is 3.96. The molecule has 0 aromatic carbocycles. The van der Waals surface area contributed by atoms with Crippen molar-refractivity contribution < 1.29 is 9.59 Å². The highest BCUT2D eigenvalue weighted by Gasteiger charge is 2.24. The van der Waals surface area contributed by atoms with Gasteiger partial charge in [-0.2, -0.15) is 0 Å². The van der Waals surface area contributed by atoms with E-state index in [4.69, 9.17) is 0 Å². The molecular formula is C12H14BrN3O2. The molecule has 0 spiro atoms. The number of carbonyl (C=O) groups excluding carboxylic acids is 2. The van der Waals surface area contributed by atoms with E-state index in [1.807, 2.05) is 0 Å². The molecule has 0 aliphatic carbocycles. The fourth-order valence-electron chi connectivity index (χ4n) is 1.92. The molecule has 1 aliphatic heterocycles. The first-order valence-corrected chi connectivity index (χ1v) is 6.53. The number of carbonyl (C=O) groups is 2. The first-order valence-electron chi connectivity index (χ1n) is 5.73. The molecule has 1 aliphatic rings. The topological polar surface area (TPSA) is 62.3 Å². The summed E-state index contributed by atoms with van der Waals surface area (Å²) in [6.07, 6.45) is 1.16. The maximum atomic E-state index is 12.0. The van der Waals surface area contributed by atoms with Crippen LogP contribution in [0.25, 0.3) is 0 Å².